The van der Waals surface area contributed by atoms with Crippen molar-refractivity contribution in [2.45, 2.75) is 13.0 Å². The maximum absolute atomic E-state index is 12.3. The van der Waals surface area contributed by atoms with Crippen LogP contribution in [0.25, 0.3) is 10.6 Å². The predicted molar refractivity (Wildman–Crippen MR) is 103 cm³/mol. The number of benzene rings is 2. The second-order valence-electron chi connectivity index (χ2n) is 5.12. The Bertz CT molecular complexity index is 868. The average molecular weight is 439 g/mol. The van der Waals surface area contributed by atoms with E-state index in [1.807, 2.05) is 24.3 Å². The van der Waals surface area contributed by atoms with Crippen molar-refractivity contribution in [2.75, 3.05) is 5.32 Å². The quantitative estimate of drug-likeness (QED) is 0.607. The number of anilines is 1. The SMILES string of the molecule is C[C@@H](Oc1ccc(Br)cc1)C(=O)Nc1nnc(-c2ccc(Cl)cc2)s1. The Morgan fingerprint density at radius 2 is 1.84 bits per heavy atom. The number of nitrogens with zero attached hydrogens (tertiary/aromatic N) is 2. The maximum Gasteiger partial charge on any atom is 0.266 e. The molecule has 0 aliphatic rings. The minimum Gasteiger partial charge on any atom is -0.481 e. The fourth-order valence-electron chi connectivity index (χ4n) is 1.96. The van der Waals surface area contributed by atoms with Crippen LogP contribution in [0, 0.1) is 0 Å². The Labute approximate surface area is 162 Å². The number of hydrogen-bond acceptors (Lipinski definition) is 5. The first-order valence-corrected chi connectivity index (χ1v) is 9.32. The van der Waals surface area contributed by atoms with Gasteiger partial charge in [0.1, 0.15) is 10.8 Å². The van der Waals surface area contributed by atoms with Crippen molar-refractivity contribution in [3.8, 4) is 16.3 Å². The van der Waals surface area contributed by atoms with Gasteiger partial charge in [-0.2, -0.15) is 0 Å². The largest absolute Gasteiger partial charge is 0.481 e. The van der Waals surface area contributed by atoms with E-state index in [2.05, 4.69) is 31.4 Å². The fraction of sp³-hybridized carbons (Fsp3) is 0.118. The number of hydrogen-bond donors (Lipinski definition) is 1. The molecule has 1 heterocycles. The Morgan fingerprint density at radius 1 is 1.16 bits per heavy atom. The monoisotopic (exact) mass is 437 g/mol. The minimum absolute atomic E-state index is 0.290. The van der Waals surface area contributed by atoms with Gasteiger partial charge in [-0.05, 0) is 43.3 Å². The number of carbonyl (C=O) groups is 1. The zero-order valence-electron chi connectivity index (χ0n) is 13.1. The molecule has 3 aromatic rings. The molecule has 8 heteroatoms. The third kappa shape index (κ3) is 4.78. The lowest BCUT2D eigenvalue weighted by molar-refractivity contribution is -0.122. The summed E-state index contributed by atoms with van der Waals surface area (Å²) in [5.41, 5.74) is 0.890. The van der Waals surface area contributed by atoms with Crippen molar-refractivity contribution in [3.05, 3.63) is 58.0 Å². The van der Waals surface area contributed by atoms with Crippen molar-refractivity contribution in [3.63, 3.8) is 0 Å². The van der Waals surface area contributed by atoms with Gasteiger partial charge in [-0.3, -0.25) is 10.1 Å². The first-order chi connectivity index (χ1) is 12.0. The third-order valence-corrected chi connectivity index (χ3v) is 4.91. The van der Waals surface area contributed by atoms with Crippen LogP contribution >= 0.6 is 38.9 Å². The Morgan fingerprint density at radius 3 is 2.52 bits per heavy atom. The number of ether oxygens (including phenoxy) is 1. The van der Waals surface area contributed by atoms with Crippen LogP contribution in [0.3, 0.4) is 0 Å². The first-order valence-electron chi connectivity index (χ1n) is 7.34. The number of aromatic nitrogens is 2. The van der Waals surface area contributed by atoms with E-state index in [9.17, 15) is 4.79 Å². The molecular weight excluding hydrogens is 426 g/mol. The molecule has 1 aromatic heterocycles. The normalized spacial score (nSPS) is 11.8. The summed E-state index contributed by atoms with van der Waals surface area (Å²) in [4.78, 5) is 12.3. The standard InChI is InChI=1S/C17H13BrClN3O2S/c1-10(24-14-8-4-12(18)5-9-14)15(23)20-17-22-21-16(25-17)11-2-6-13(19)7-3-11/h2-10H,1H3,(H,20,22,23)/t10-/m1/s1. The summed E-state index contributed by atoms with van der Waals surface area (Å²) in [6, 6.07) is 14.6. The van der Waals surface area contributed by atoms with Crippen molar-refractivity contribution >= 4 is 49.9 Å². The number of nitrogens with one attached hydrogen (secondary N) is 1. The molecule has 2 aromatic carbocycles. The van der Waals surface area contributed by atoms with Gasteiger partial charge in [-0.15, -0.1) is 10.2 Å². The predicted octanol–water partition coefficient (Wildman–Crippen LogP) is 5.03. The molecule has 0 saturated heterocycles. The van der Waals surface area contributed by atoms with Gasteiger partial charge in [-0.25, -0.2) is 0 Å². The van der Waals surface area contributed by atoms with E-state index < -0.39 is 6.10 Å². The summed E-state index contributed by atoms with van der Waals surface area (Å²) >= 11 is 10.5. The van der Waals surface area contributed by atoms with Crippen LogP contribution in [0.15, 0.2) is 53.0 Å². The Kier molecular flexibility index (Phi) is 5.67. The molecule has 5 nitrogen and oxygen atoms in total. The smallest absolute Gasteiger partial charge is 0.266 e. The molecule has 0 unspecified atom stereocenters. The van der Waals surface area contributed by atoms with Crippen LogP contribution in [0.5, 0.6) is 5.75 Å². The average Bonchev–Trinajstić information content (AvgIpc) is 3.06. The van der Waals surface area contributed by atoms with Gasteiger partial charge in [-0.1, -0.05) is 51.0 Å². The van der Waals surface area contributed by atoms with E-state index in [4.69, 9.17) is 16.3 Å². The van der Waals surface area contributed by atoms with Gasteiger partial charge >= 0.3 is 0 Å². The molecule has 0 aliphatic carbocycles. The van der Waals surface area contributed by atoms with Gasteiger partial charge in [0.25, 0.3) is 5.91 Å². The Hall–Kier alpha value is -1.96. The van der Waals surface area contributed by atoms with Crippen LogP contribution in [0.2, 0.25) is 5.02 Å². The lowest BCUT2D eigenvalue weighted by Crippen LogP contribution is -2.30. The maximum atomic E-state index is 12.3. The molecule has 1 amide bonds. The van der Waals surface area contributed by atoms with Crippen LogP contribution in [-0.2, 0) is 4.79 Å². The van der Waals surface area contributed by atoms with E-state index >= 15 is 0 Å². The van der Waals surface area contributed by atoms with Gasteiger partial charge in [0.05, 0.1) is 0 Å². The molecule has 25 heavy (non-hydrogen) atoms. The van der Waals surface area contributed by atoms with Crippen molar-refractivity contribution < 1.29 is 9.53 Å². The van der Waals surface area contributed by atoms with Gasteiger partial charge in [0.2, 0.25) is 5.13 Å². The highest BCUT2D eigenvalue weighted by atomic mass is 79.9. The van der Waals surface area contributed by atoms with Crippen LogP contribution in [0.1, 0.15) is 6.92 Å². The van der Waals surface area contributed by atoms with E-state index in [-0.39, 0.29) is 5.91 Å². The van der Waals surface area contributed by atoms with Crippen molar-refractivity contribution in [1.82, 2.24) is 10.2 Å². The highest BCUT2D eigenvalue weighted by molar-refractivity contribution is 9.10. The Balaban J connectivity index is 1.62. The number of rotatable bonds is 5. The molecule has 1 N–H and O–H groups in total. The molecule has 0 fully saturated rings. The van der Waals surface area contributed by atoms with Gasteiger partial charge in [0.15, 0.2) is 6.10 Å². The summed E-state index contributed by atoms with van der Waals surface area (Å²) in [6.45, 7) is 1.68. The van der Waals surface area contributed by atoms with E-state index in [1.165, 1.54) is 11.3 Å². The molecule has 3 rings (SSSR count). The molecule has 128 valence electrons. The van der Waals surface area contributed by atoms with Crippen LogP contribution in [-0.4, -0.2) is 22.2 Å². The molecule has 0 radical (unpaired) electrons. The fourth-order valence-corrected chi connectivity index (χ4v) is 3.10. The van der Waals surface area contributed by atoms with Crippen LogP contribution < -0.4 is 10.1 Å². The van der Waals surface area contributed by atoms with Crippen LogP contribution in [0.4, 0.5) is 5.13 Å². The number of halogens is 2. The van der Waals surface area contributed by atoms with Crippen molar-refractivity contribution in [1.29, 1.82) is 0 Å². The number of carbonyl (C=O) groups excluding carboxylic acids is 1. The summed E-state index contributed by atoms with van der Waals surface area (Å²) in [6.07, 6.45) is -0.663. The summed E-state index contributed by atoms with van der Waals surface area (Å²) in [5, 5.41) is 12.6. The third-order valence-electron chi connectivity index (χ3n) is 3.24. The second kappa shape index (κ2) is 7.95. The van der Waals surface area contributed by atoms with Gasteiger partial charge < -0.3 is 4.74 Å². The summed E-state index contributed by atoms with van der Waals surface area (Å²) in [5.74, 6) is 0.326. The first kappa shape index (κ1) is 17.8. The molecule has 0 saturated carbocycles. The lowest BCUT2D eigenvalue weighted by Gasteiger charge is -2.13. The molecule has 1 atom stereocenters. The summed E-state index contributed by atoms with van der Waals surface area (Å²) in [7, 11) is 0. The molecule has 0 aliphatic heterocycles. The second-order valence-corrected chi connectivity index (χ2v) is 7.45. The minimum atomic E-state index is -0.663. The topological polar surface area (TPSA) is 64.1 Å². The lowest BCUT2D eigenvalue weighted by atomic mass is 10.2. The van der Waals surface area contributed by atoms with E-state index in [0.29, 0.717) is 20.9 Å². The number of amides is 1. The molecular formula is C17H13BrClN3O2S. The van der Waals surface area contributed by atoms with Gasteiger partial charge in [0, 0.05) is 15.1 Å². The zero-order valence-corrected chi connectivity index (χ0v) is 16.2. The van der Waals surface area contributed by atoms with Crippen molar-refractivity contribution in [2.24, 2.45) is 0 Å². The highest BCUT2D eigenvalue weighted by Crippen LogP contribution is 2.27. The summed E-state index contributed by atoms with van der Waals surface area (Å²) < 4.78 is 6.56. The van der Waals surface area contributed by atoms with E-state index in [0.717, 1.165) is 10.0 Å². The molecule has 0 bridgehead atoms. The highest BCUT2D eigenvalue weighted by Gasteiger charge is 2.17. The van der Waals surface area contributed by atoms with E-state index in [1.54, 1.807) is 31.2 Å². The molecule has 0 spiro atoms. The zero-order chi connectivity index (χ0) is 17.8.